The van der Waals surface area contributed by atoms with Crippen molar-refractivity contribution in [3.05, 3.63) is 53.3 Å². The maximum atomic E-state index is 9.27. The fourth-order valence-corrected chi connectivity index (χ4v) is 2.53. The largest absolute Gasteiger partial charge is 0.457 e. The van der Waals surface area contributed by atoms with Crippen molar-refractivity contribution < 1.29 is 9.84 Å². The maximum absolute atomic E-state index is 9.27. The highest BCUT2D eigenvalue weighted by atomic mass is 16.5. The van der Waals surface area contributed by atoms with E-state index >= 15 is 0 Å². The molecule has 3 nitrogen and oxygen atoms in total. The first-order valence-corrected chi connectivity index (χ1v) is 6.70. The molecule has 0 saturated carbocycles. The van der Waals surface area contributed by atoms with E-state index in [0.717, 1.165) is 12.2 Å². The van der Waals surface area contributed by atoms with Gasteiger partial charge in [-0.3, -0.25) is 4.98 Å². The third kappa shape index (κ3) is 2.61. The summed E-state index contributed by atoms with van der Waals surface area (Å²) in [5.41, 5.74) is 3.54. The number of aliphatic hydroxyl groups excluding tert-OH is 1. The van der Waals surface area contributed by atoms with Crippen LogP contribution >= 0.6 is 0 Å². The van der Waals surface area contributed by atoms with Gasteiger partial charge in [0.25, 0.3) is 0 Å². The lowest BCUT2D eigenvalue weighted by molar-refractivity contribution is 0.276. The second-order valence-electron chi connectivity index (χ2n) is 4.88. The van der Waals surface area contributed by atoms with E-state index in [1.165, 1.54) is 30.4 Å². The first-order chi connectivity index (χ1) is 9.36. The topological polar surface area (TPSA) is 42.4 Å². The third-order valence-corrected chi connectivity index (χ3v) is 3.58. The molecular weight excluding hydrogens is 238 g/mol. The van der Waals surface area contributed by atoms with Gasteiger partial charge < -0.3 is 9.84 Å². The van der Waals surface area contributed by atoms with Crippen LogP contribution in [0.1, 0.15) is 29.5 Å². The molecule has 1 heterocycles. The Labute approximate surface area is 112 Å². The first kappa shape index (κ1) is 12.2. The van der Waals surface area contributed by atoms with Crippen LogP contribution in [0.4, 0.5) is 0 Å². The van der Waals surface area contributed by atoms with Gasteiger partial charge in [0.2, 0.25) is 0 Å². The third-order valence-electron chi connectivity index (χ3n) is 3.58. The molecule has 0 saturated heterocycles. The minimum absolute atomic E-state index is 0.0614. The van der Waals surface area contributed by atoms with Crippen LogP contribution < -0.4 is 4.74 Å². The smallest absolute Gasteiger partial charge is 0.136 e. The normalized spacial score (nSPS) is 13.9. The molecule has 0 unspecified atom stereocenters. The van der Waals surface area contributed by atoms with Gasteiger partial charge in [-0.1, -0.05) is 6.07 Å². The Morgan fingerprint density at radius 3 is 2.79 bits per heavy atom. The number of benzene rings is 1. The standard InChI is InChI=1S/C16H17NO2/c18-11-14-10-17-8-7-16(14)19-15-6-5-12-3-1-2-4-13(12)9-15/h5-10,18H,1-4,11H2. The van der Waals surface area contributed by atoms with E-state index in [4.69, 9.17) is 4.74 Å². The molecule has 1 aromatic carbocycles. The summed E-state index contributed by atoms with van der Waals surface area (Å²) in [5.74, 6) is 1.51. The van der Waals surface area contributed by atoms with E-state index in [2.05, 4.69) is 17.1 Å². The Hall–Kier alpha value is -1.87. The summed E-state index contributed by atoms with van der Waals surface area (Å²) >= 11 is 0. The molecule has 1 aromatic heterocycles. The van der Waals surface area contributed by atoms with E-state index < -0.39 is 0 Å². The lowest BCUT2D eigenvalue weighted by Gasteiger charge is -2.17. The second-order valence-corrected chi connectivity index (χ2v) is 4.88. The molecule has 0 amide bonds. The minimum Gasteiger partial charge on any atom is -0.457 e. The number of nitrogens with zero attached hydrogens (tertiary/aromatic N) is 1. The highest BCUT2D eigenvalue weighted by Gasteiger charge is 2.11. The van der Waals surface area contributed by atoms with Gasteiger partial charge in [0, 0.05) is 18.0 Å². The van der Waals surface area contributed by atoms with E-state index in [-0.39, 0.29) is 6.61 Å². The Kier molecular flexibility index (Phi) is 3.47. The van der Waals surface area contributed by atoms with Crippen molar-refractivity contribution in [2.75, 3.05) is 0 Å². The van der Waals surface area contributed by atoms with Crippen molar-refractivity contribution in [2.24, 2.45) is 0 Å². The van der Waals surface area contributed by atoms with Crippen LogP contribution in [0.2, 0.25) is 0 Å². The van der Waals surface area contributed by atoms with Crippen LogP contribution in [-0.2, 0) is 19.4 Å². The van der Waals surface area contributed by atoms with Crippen LogP contribution in [-0.4, -0.2) is 10.1 Å². The molecule has 1 aliphatic carbocycles. The number of aryl methyl sites for hydroxylation is 2. The van der Waals surface area contributed by atoms with Gasteiger partial charge in [0.1, 0.15) is 11.5 Å². The van der Waals surface area contributed by atoms with E-state index in [9.17, 15) is 5.11 Å². The molecule has 0 aliphatic heterocycles. The Bertz CT molecular complexity index is 581. The number of pyridine rings is 1. The molecule has 0 spiro atoms. The van der Waals surface area contributed by atoms with Crippen molar-refractivity contribution in [3.8, 4) is 11.5 Å². The highest BCUT2D eigenvalue weighted by Crippen LogP contribution is 2.29. The van der Waals surface area contributed by atoms with Gasteiger partial charge in [-0.15, -0.1) is 0 Å². The highest BCUT2D eigenvalue weighted by molar-refractivity contribution is 5.41. The lowest BCUT2D eigenvalue weighted by Crippen LogP contribution is -2.02. The fraction of sp³-hybridized carbons (Fsp3) is 0.312. The van der Waals surface area contributed by atoms with Crippen LogP contribution in [0.25, 0.3) is 0 Å². The number of hydrogen-bond donors (Lipinski definition) is 1. The van der Waals surface area contributed by atoms with Crippen LogP contribution in [0.3, 0.4) is 0 Å². The Balaban J connectivity index is 1.87. The SMILES string of the molecule is OCc1cnccc1Oc1ccc2c(c1)CCCC2. The van der Waals surface area contributed by atoms with Crippen LogP contribution in [0.5, 0.6) is 11.5 Å². The zero-order chi connectivity index (χ0) is 13.1. The molecule has 1 aliphatic rings. The van der Waals surface area contributed by atoms with E-state index in [1.807, 2.05) is 6.07 Å². The quantitative estimate of drug-likeness (QED) is 0.915. The van der Waals surface area contributed by atoms with Crippen LogP contribution in [0.15, 0.2) is 36.7 Å². The molecule has 3 heteroatoms. The van der Waals surface area contributed by atoms with Gasteiger partial charge in [-0.05, 0) is 55.0 Å². The molecule has 0 radical (unpaired) electrons. The summed E-state index contributed by atoms with van der Waals surface area (Å²) in [4.78, 5) is 3.99. The maximum Gasteiger partial charge on any atom is 0.136 e. The first-order valence-electron chi connectivity index (χ1n) is 6.70. The molecule has 1 N–H and O–H groups in total. The summed E-state index contributed by atoms with van der Waals surface area (Å²) in [6.45, 7) is -0.0614. The predicted octanol–water partition coefficient (Wildman–Crippen LogP) is 3.25. The zero-order valence-electron chi connectivity index (χ0n) is 10.8. The summed E-state index contributed by atoms with van der Waals surface area (Å²) in [6.07, 6.45) is 8.16. The number of hydrogen-bond acceptors (Lipinski definition) is 3. The summed E-state index contributed by atoms with van der Waals surface area (Å²) in [7, 11) is 0. The summed E-state index contributed by atoms with van der Waals surface area (Å²) in [6, 6.07) is 8.07. The Morgan fingerprint density at radius 1 is 1.11 bits per heavy atom. The van der Waals surface area contributed by atoms with E-state index in [0.29, 0.717) is 11.3 Å². The monoisotopic (exact) mass is 255 g/mol. The van der Waals surface area contributed by atoms with Gasteiger partial charge in [0.05, 0.1) is 6.61 Å². The van der Waals surface area contributed by atoms with E-state index in [1.54, 1.807) is 18.5 Å². The number of aromatic nitrogens is 1. The minimum atomic E-state index is -0.0614. The zero-order valence-corrected chi connectivity index (χ0v) is 10.8. The average molecular weight is 255 g/mol. The average Bonchev–Trinajstić information content (AvgIpc) is 2.48. The number of rotatable bonds is 3. The molecular formula is C16H17NO2. The molecule has 0 atom stereocenters. The fourth-order valence-electron chi connectivity index (χ4n) is 2.53. The van der Waals surface area contributed by atoms with Crippen molar-refractivity contribution >= 4 is 0 Å². The molecule has 0 bridgehead atoms. The predicted molar refractivity (Wildman–Crippen MR) is 73.3 cm³/mol. The van der Waals surface area contributed by atoms with Crippen molar-refractivity contribution in [1.29, 1.82) is 0 Å². The molecule has 0 fully saturated rings. The summed E-state index contributed by atoms with van der Waals surface area (Å²) in [5, 5.41) is 9.27. The molecule has 3 rings (SSSR count). The van der Waals surface area contributed by atoms with Gasteiger partial charge in [0.15, 0.2) is 0 Å². The Morgan fingerprint density at radius 2 is 1.95 bits per heavy atom. The molecule has 2 aromatic rings. The second kappa shape index (κ2) is 5.41. The number of aliphatic hydroxyl groups is 1. The number of ether oxygens (including phenoxy) is 1. The van der Waals surface area contributed by atoms with Crippen molar-refractivity contribution in [2.45, 2.75) is 32.3 Å². The van der Waals surface area contributed by atoms with Gasteiger partial charge in [-0.25, -0.2) is 0 Å². The van der Waals surface area contributed by atoms with Crippen molar-refractivity contribution in [1.82, 2.24) is 4.98 Å². The molecule has 19 heavy (non-hydrogen) atoms. The molecule has 98 valence electrons. The lowest BCUT2D eigenvalue weighted by atomic mass is 9.92. The summed E-state index contributed by atoms with van der Waals surface area (Å²) < 4.78 is 5.87. The number of fused-ring (bicyclic) bond motifs is 1. The van der Waals surface area contributed by atoms with Crippen LogP contribution in [0, 0.1) is 0 Å². The van der Waals surface area contributed by atoms with Gasteiger partial charge >= 0.3 is 0 Å². The van der Waals surface area contributed by atoms with Gasteiger partial charge in [-0.2, -0.15) is 0 Å². The van der Waals surface area contributed by atoms with Crippen molar-refractivity contribution in [3.63, 3.8) is 0 Å².